The van der Waals surface area contributed by atoms with Gasteiger partial charge in [-0.05, 0) is 19.8 Å². The Morgan fingerprint density at radius 2 is 2.11 bits per heavy atom. The minimum atomic E-state index is 0.536. The first-order valence-corrected chi connectivity index (χ1v) is 6.73. The van der Waals surface area contributed by atoms with E-state index in [1.54, 1.807) is 6.20 Å². The maximum atomic E-state index is 6.02. The standard InChI is InChI=1S/C12H21ClN4O/c1-3-6-15-12-16-9-10(13)11(17-12)14-7-5-8-18-4-2/h9H,3-8H2,1-2H3,(H2,14,15,16,17). The molecule has 0 saturated carbocycles. The molecule has 0 spiro atoms. The van der Waals surface area contributed by atoms with Gasteiger partial charge in [-0.15, -0.1) is 0 Å². The quantitative estimate of drug-likeness (QED) is 0.677. The van der Waals surface area contributed by atoms with Crippen LogP contribution < -0.4 is 10.6 Å². The summed E-state index contributed by atoms with van der Waals surface area (Å²) in [5.74, 6) is 1.27. The third-order valence-electron chi connectivity index (χ3n) is 2.24. The normalized spacial score (nSPS) is 10.4. The lowest BCUT2D eigenvalue weighted by Gasteiger charge is -2.09. The van der Waals surface area contributed by atoms with Gasteiger partial charge >= 0.3 is 0 Å². The summed E-state index contributed by atoms with van der Waals surface area (Å²) in [6.45, 7) is 7.21. The zero-order chi connectivity index (χ0) is 13.2. The van der Waals surface area contributed by atoms with Crippen LogP contribution in [0, 0.1) is 0 Å². The average Bonchev–Trinajstić information content (AvgIpc) is 2.39. The van der Waals surface area contributed by atoms with Crippen molar-refractivity contribution in [1.82, 2.24) is 9.97 Å². The van der Waals surface area contributed by atoms with Crippen molar-refractivity contribution in [2.24, 2.45) is 0 Å². The number of rotatable bonds is 9. The highest BCUT2D eigenvalue weighted by Crippen LogP contribution is 2.19. The van der Waals surface area contributed by atoms with E-state index in [1.807, 2.05) is 6.92 Å². The van der Waals surface area contributed by atoms with Gasteiger partial charge in [-0.2, -0.15) is 4.98 Å². The smallest absolute Gasteiger partial charge is 0.224 e. The van der Waals surface area contributed by atoms with E-state index in [-0.39, 0.29) is 0 Å². The van der Waals surface area contributed by atoms with Gasteiger partial charge in [0.1, 0.15) is 10.8 Å². The molecule has 0 saturated heterocycles. The number of aromatic nitrogens is 2. The maximum Gasteiger partial charge on any atom is 0.224 e. The zero-order valence-corrected chi connectivity index (χ0v) is 11.8. The molecule has 102 valence electrons. The van der Waals surface area contributed by atoms with Gasteiger partial charge in [0.25, 0.3) is 0 Å². The fourth-order valence-corrected chi connectivity index (χ4v) is 1.50. The molecule has 18 heavy (non-hydrogen) atoms. The molecule has 0 radical (unpaired) electrons. The number of hydrogen-bond acceptors (Lipinski definition) is 5. The highest BCUT2D eigenvalue weighted by Gasteiger charge is 2.04. The molecule has 0 aliphatic carbocycles. The second-order valence-electron chi connectivity index (χ2n) is 3.79. The van der Waals surface area contributed by atoms with Crippen LogP contribution in [0.3, 0.4) is 0 Å². The number of hydrogen-bond donors (Lipinski definition) is 2. The molecule has 0 aliphatic rings. The van der Waals surface area contributed by atoms with Crippen molar-refractivity contribution in [1.29, 1.82) is 0 Å². The van der Waals surface area contributed by atoms with Crippen molar-refractivity contribution < 1.29 is 4.74 Å². The molecule has 5 nitrogen and oxygen atoms in total. The molecular formula is C12H21ClN4O. The molecule has 1 aromatic rings. The Balaban J connectivity index is 2.42. The van der Waals surface area contributed by atoms with Gasteiger partial charge in [0.15, 0.2) is 0 Å². The Morgan fingerprint density at radius 1 is 1.28 bits per heavy atom. The number of nitrogens with zero attached hydrogens (tertiary/aromatic N) is 2. The lowest BCUT2D eigenvalue weighted by molar-refractivity contribution is 0.147. The lowest BCUT2D eigenvalue weighted by Crippen LogP contribution is -2.10. The van der Waals surface area contributed by atoms with E-state index >= 15 is 0 Å². The van der Waals surface area contributed by atoms with E-state index in [0.29, 0.717) is 16.8 Å². The van der Waals surface area contributed by atoms with E-state index in [1.165, 1.54) is 0 Å². The van der Waals surface area contributed by atoms with Gasteiger partial charge in [0.2, 0.25) is 5.95 Å². The third kappa shape index (κ3) is 5.51. The van der Waals surface area contributed by atoms with Crippen molar-refractivity contribution in [3.05, 3.63) is 11.2 Å². The molecule has 0 aliphatic heterocycles. The van der Waals surface area contributed by atoms with Crippen molar-refractivity contribution in [3.63, 3.8) is 0 Å². The summed E-state index contributed by atoms with van der Waals surface area (Å²) in [5, 5.41) is 6.85. The molecule has 0 aromatic carbocycles. The average molecular weight is 273 g/mol. The van der Waals surface area contributed by atoms with Gasteiger partial charge in [-0.25, -0.2) is 4.98 Å². The molecule has 1 rings (SSSR count). The Morgan fingerprint density at radius 3 is 2.83 bits per heavy atom. The third-order valence-corrected chi connectivity index (χ3v) is 2.52. The predicted octanol–water partition coefficient (Wildman–Crippen LogP) is 2.79. The van der Waals surface area contributed by atoms with E-state index in [0.717, 1.165) is 39.1 Å². The largest absolute Gasteiger partial charge is 0.382 e. The minimum absolute atomic E-state index is 0.536. The molecule has 0 atom stereocenters. The fraction of sp³-hybridized carbons (Fsp3) is 0.667. The van der Waals surface area contributed by atoms with Crippen molar-refractivity contribution in [2.75, 3.05) is 36.9 Å². The van der Waals surface area contributed by atoms with E-state index < -0.39 is 0 Å². The summed E-state index contributed by atoms with van der Waals surface area (Å²) >= 11 is 6.02. The Kier molecular flexibility index (Phi) is 7.44. The zero-order valence-electron chi connectivity index (χ0n) is 11.0. The first kappa shape index (κ1) is 15.0. The van der Waals surface area contributed by atoms with Gasteiger partial charge < -0.3 is 15.4 Å². The molecule has 6 heteroatoms. The van der Waals surface area contributed by atoms with Crippen molar-refractivity contribution in [3.8, 4) is 0 Å². The van der Waals surface area contributed by atoms with Gasteiger partial charge in [0.05, 0.1) is 6.20 Å². The molecule has 1 heterocycles. The summed E-state index contributed by atoms with van der Waals surface area (Å²) in [6, 6.07) is 0. The van der Waals surface area contributed by atoms with Gasteiger partial charge in [-0.1, -0.05) is 18.5 Å². The second kappa shape index (κ2) is 8.94. The molecule has 0 bridgehead atoms. The highest BCUT2D eigenvalue weighted by molar-refractivity contribution is 6.32. The van der Waals surface area contributed by atoms with Crippen molar-refractivity contribution in [2.45, 2.75) is 26.7 Å². The SMILES string of the molecule is CCCNc1ncc(Cl)c(NCCCOCC)n1. The first-order valence-electron chi connectivity index (χ1n) is 6.36. The monoisotopic (exact) mass is 272 g/mol. The number of ether oxygens (including phenoxy) is 1. The summed E-state index contributed by atoms with van der Waals surface area (Å²) in [6.07, 6.45) is 3.56. The summed E-state index contributed by atoms with van der Waals surface area (Å²) in [5.41, 5.74) is 0. The van der Waals surface area contributed by atoms with Crippen molar-refractivity contribution >= 4 is 23.4 Å². The Bertz CT molecular complexity index is 349. The van der Waals surface area contributed by atoms with E-state index in [9.17, 15) is 0 Å². The second-order valence-corrected chi connectivity index (χ2v) is 4.20. The van der Waals surface area contributed by atoms with Crippen LogP contribution in [0.4, 0.5) is 11.8 Å². The van der Waals surface area contributed by atoms with E-state index in [2.05, 4.69) is 27.5 Å². The highest BCUT2D eigenvalue weighted by atomic mass is 35.5. The molecule has 0 amide bonds. The van der Waals surface area contributed by atoms with Crippen LogP contribution in [0.1, 0.15) is 26.7 Å². The summed E-state index contributed by atoms with van der Waals surface area (Å²) in [7, 11) is 0. The van der Waals surface area contributed by atoms with Gasteiger partial charge in [-0.3, -0.25) is 0 Å². The Labute approximate surface area is 113 Å². The van der Waals surface area contributed by atoms with Crippen LogP contribution in [0.5, 0.6) is 0 Å². The number of nitrogens with one attached hydrogen (secondary N) is 2. The summed E-state index contributed by atoms with van der Waals surface area (Å²) < 4.78 is 5.26. The van der Waals surface area contributed by atoms with Crippen LogP contribution in [0.2, 0.25) is 5.02 Å². The Hall–Kier alpha value is -1.07. The molecule has 1 aromatic heterocycles. The number of anilines is 2. The topological polar surface area (TPSA) is 59.1 Å². The molecule has 2 N–H and O–H groups in total. The van der Waals surface area contributed by atoms with Crippen LogP contribution in [-0.2, 0) is 4.74 Å². The number of halogens is 1. The predicted molar refractivity (Wildman–Crippen MR) is 75.4 cm³/mol. The van der Waals surface area contributed by atoms with Crippen LogP contribution in [0.15, 0.2) is 6.20 Å². The van der Waals surface area contributed by atoms with E-state index in [4.69, 9.17) is 16.3 Å². The maximum absolute atomic E-state index is 6.02. The van der Waals surface area contributed by atoms with Crippen LogP contribution in [-0.4, -0.2) is 36.3 Å². The molecule has 0 fully saturated rings. The molecular weight excluding hydrogens is 252 g/mol. The van der Waals surface area contributed by atoms with Gasteiger partial charge in [0, 0.05) is 26.3 Å². The van der Waals surface area contributed by atoms with Crippen LogP contribution in [0.25, 0.3) is 0 Å². The van der Waals surface area contributed by atoms with Crippen LogP contribution >= 0.6 is 11.6 Å². The summed E-state index contributed by atoms with van der Waals surface area (Å²) in [4.78, 5) is 8.44. The minimum Gasteiger partial charge on any atom is -0.382 e. The molecule has 0 unspecified atom stereocenters. The first-order chi connectivity index (χ1) is 8.77. The lowest BCUT2D eigenvalue weighted by atomic mass is 10.4. The fourth-order valence-electron chi connectivity index (χ4n) is 1.34.